The highest BCUT2D eigenvalue weighted by atomic mass is 16.6. The molecule has 1 unspecified atom stereocenters. The number of carboxylic acids is 1. The summed E-state index contributed by atoms with van der Waals surface area (Å²) in [5.74, 6) is -1.21. The number of hydrogen-bond acceptors (Lipinski definition) is 5. The number of ether oxygens (including phenoxy) is 2. The zero-order chi connectivity index (χ0) is 17.6. The first-order valence-electron chi connectivity index (χ1n) is 6.99. The maximum atomic E-state index is 11.5. The number of aliphatic carboxylic acids is 1. The molecule has 128 valence electrons. The maximum Gasteiger partial charge on any atom is 0.408 e. The lowest BCUT2D eigenvalue weighted by molar-refractivity contribution is -0.139. The molecule has 8 nitrogen and oxygen atoms in total. The van der Waals surface area contributed by atoms with E-state index in [0.29, 0.717) is 0 Å². The van der Waals surface area contributed by atoms with Crippen LogP contribution in [0.5, 0.6) is 0 Å². The smallest absolute Gasteiger partial charge is 0.408 e. The Morgan fingerprint density at radius 2 is 1.41 bits per heavy atom. The van der Waals surface area contributed by atoms with Crippen molar-refractivity contribution in [1.82, 2.24) is 10.6 Å². The number of alkyl carbamates (subject to hydrolysis) is 2. The summed E-state index contributed by atoms with van der Waals surface area (Å²) in [6.07, 6.45) is -1.46. The lowest BCUT2D eigenvalue weighted by Gasteiger charge is -2.22. The van der Waals surface area contributed by atoms with Crippen LogP contribution < -0.4 is 10.6 Å². The third-order valence-corrected chi connectivity index (χ3v) is 2.09. The fourth-order valence-corrected chi connectivity index (χ4v) is 1.34. The number of hydrogen-bond donors (Lipinski definition) is 3. The van der Waals surface area contributed by atoms with E-state index in [1.54, 1.807) is 41.5 Å². The number of carboxylic acid groups (broad SMARTS) is 1. The van der Waals surface area contributed by atoms with Gasteiger partial charge in [-0.25, -0.2) is 14.4 Å². The average Bonchev–Trinajstić information content (AvgIpc) is 2.22. The molecule has 0 aromatic heterocycles. The molecular formula is C14H26N2O6. The summed E-state index contributed by atoms with van der Waals surface area (Å²) in [6.45, 7) is 10.2. The van der Waals surface area contributed by atoms with Gasteiger partial charge in [0.15, 0.2) is 0 Å². The van der Waals surface area contributed by atoms with E-state index < -0.39 is 35.4 Å². The van der Waals surface area contributed by atoms with Gasteiger partial charge in [0.1, 0.15) is 17.2 Å². The molecule has 1 atom stereocenters. The van der Waals surface area contributed by atoms with E-state index in [4.69, 9.17) is 14.6 Å². The van der Waals surface area contributed by atoms with Gasteiger partial charge >= 0.3 is 18.2 Å². The van der Waals surface area contributed by atoms with Crippen molar-refractivity contribution in [3.8, 4) is 0 Å². The van der Waals surface area contributed by atoms with Gasteiger partial charge in [-0.05, 0) is 48.0 Å². The van der Waals surface area contributed by atoms with Crippen LogP contribution in [0.2, 0.25) is 0 Å². The van der Waals surface area contributed by atoms with Gasteiger partial charge in [-0.2, -0.15) is 0 Å². The lowest BCUT2D eigenvalue weighted by Crippen LogP contribution is -2.45. The highest BCUT2D eigenvalue weighted by Gasteiger charge is 2.24. The molecule has 0 fully saturated rings. The number of amides is 2. The van der Waals surface area contributed by atoms with Gasteiger partial charge in [0.25, 0.3) is 0 Å². The third kappa shape index (κ3) is 10.8. The maximum absolute atomic E-state index is 11.5. The largest absolute Gasteiger partial charge is 0.480 e. The van der Waals surface area contributed by atoms with E-state index in [1.165, 1.54) is 0 Å². The van der Waals surface area contributed by atoms with E-state index in [2.05, 4.69) is 10.6 Å². The molecule has 8 heteroatoms. The van der Waals surface area contributed by atoms with Crippen molar-refractivity contribution in [1.29, 1.82) is 0 Å². The zero-order valence-electron chi connectivity index (χ0n) is 14.0. The van der Waals surface area contributed by atoms with E-state index in [-0.39, 0.29) is 13.0 Å². The Labute approximate surface area is 130 Å². The van der Waals surface area contributed by atoms with Gasteiger partial charge in [0, 0.05) is 6.54 Å². The molecule has 22 heavy (non-hydrogen) atoms. The Balaban J connectivity index is 4.30. The van der Waals surface area contributed by atoms with Crippen LogP contribution in [0.1, 0.15) is 48.0 Å². The number of nitrogens with one attached hydrogen (secondary N) is 2. The highest BCUT2D eigenvalue weighted by Crippen LogP contribution is 2.08. The summed E-state index contributed by atoms with van der Waals surface area (Å²) in [5.41, 5.74) is -1.35. The van der Waals surface area contributed by atoms with Gasteiger partial charge in [-0.1, -0.05) is 0 Å². The molecule has 0 spiro atoms. The Morgan fingerprint density at radius 3 is 1.82 bits per heavy atom. The quantitative estimate of drug-likeness (QED) is 0.713. The molecule has 0 aromatic carbocycles. The zero-order valence-corrected chi connectivity index (χ0v) is 14.0. The summed E-state index contributed by atoms with van der Waals surface area (Å²) < 4.78 is 10.0. The van der Waals surface area contributed by atoms with Crippen molar-refractivity contribution in [2.75, 3.05) is 6.54 Å². The van der Waals surface area contributed by atoms with Crippen molar-refractivity contribution in [3.63, 3.8) is 0 Å². The summed E-state index contributed by atoms with van der Waals surface area (Å²) in [5, 5.41) is 13.7. The molecule has 0 aliphatic heterocycles. The van der Waals surface area contributed by atoms with Crippen LogP contribution in [-0.2, 0) is 14.3 Å². The van der Waals surface area contributed by atoms with Crippen molar-refractivity contribution in [3.05, 3.63) is 0 Å². The van der Waals surface area contributed by atoms with Crippen LogP contribution in [0.15, 0.2) is 0 Å². The average molecular weight is 318 g/mol. The minimum atomic E-state index is -1.21. The minimum Gasteiger partial charge on any atom is -0.480 e. The molecule has 0 rings (SSSR count). The van der Waals surface area contributed by atoms with Gasteiger partial charge in [-0.15, -0.1) is 0 Å². The first-order chi connectivity index (χ1) is 9.80. The molecule has 0 bridgehead atoms. The van der Waals surface area contributed by atoms with Crippen LogP contribution in [0.25, 0.3) is 0 Å². The van der Waals surface area contributed by atoms with Gasteiger partial charge in [0.05, 0.1) is 0 Å². The molecule has 0 aromatic rings. The summed E-state index contributed by atoms with van der Waals surface area (Å²) in [7, 11) is 0. The number of carbonyl (C=O) groups is 3. The predicted octanol–water partition coefficient (Wildman–Crippen LogP) is 1.88. The van der Waals surface area contributed by atoms with Crippen molar-refractivity contribution >= 4 is 18.2 Å². The summed E-state index contributed by atoms with van der Waals surface area (Å²) in [6, 6.07) is -1.16. The van der Waals surface area contributed by atoms with Gasteiger partial charge in [-0.3, -0.25) is 0 Å². The molecule has 0 saturated carbocycles. The standard InChI is InChI=1S/C14H26N2O6/c1-13(2,3)21-11(19)15-8-7-9(10(17)18)16-12(20)22-14(4,5)6/h9H,7-8H2,1-6H3,(H,15,19)(H,16,20)(H,17,18). The van der Waals surface area contributed by atoms with Crippen molar-refractivity contribution in [2.45, 2.75) is 65.2 Å². The van der Waals surface area contributed by atoms with Crippen LogP contribution in [0.3, 0.4) is 0 Å². The Morgan fingerprint density at radius 1 is 0.955 bits per heavy atom. The summed E-state index contributed by atoms with van der Waals surface area (Å²) in [4.78, 5) is 34.1. The number of carbonyl (C=O) groups excluding carboxylic acids is 2. The third-order valence-electron chi connectivity index (χ3n) is 2.09. The van der Waals surface area contributed by atoms with Gasteiger partial charge < -0.3 is 25.2 Å². The summed E-state index contributed by atoms with van der Waals surface area (Å²) >= 11 is 0. The van der Waals surface area contributed by atoms with Crippen molar-refractivity contribution in [2.24, 2.45) is 0 Å². The minimum absolute atomic E-state index is 0.00776. The van der Waals surface area contributed by atoms with Gasteiger partial charge in [0.2, 0.25) is 0 Å². The second-order valence-corrected chi connectivity index (χ2v) is 6.75. The van der Waals surface area contributed by atoms with Crippen LogP contribution in [0.4, 0.5) is 9.59 Å². The normalized spacial score (nSPS) is 13.0. The molecular weight excluding hydrogens is 292 g/mol. The molecule has 0 aliphatic rings. The lowest BCUT2D eigenvalue weighted by atomic mass is 10.2. The molecule has 0 heterocycles. The monoisotopic (exact) mass is 318 g/mol. The highest BCUT2D eigenvalue weighted by molar-refractivity contribution is 5.80. The van der Waals surface area contributed by atoms with Crippen molar-refractivity contribution < 1.29 is 29.0 Å². The van der Waals surface area contributed by atoms with E-state index in [0.717, 1.165) is 0 Å². The fraction of sp³-hybridized carbons (Fsp3) is 0.786. The topological polar surface area (TPSA) is 114 Å². The van der Waals surface area contributed by atoms with E-state index in [1.807, 2.05) is 0 Å². The van der Waals surface area contributed by atoms with E-state index in [9.17, 15) is 14.4 Å². The predicted molar refractivity (Wildman–Crippen MR) is 79.6 cm³/mol. The molecule has 0 saturated heterocycles. The first-order valence-corrected chi connectivity index (χ1v) is 6.99. The fourth-order valence-electron chi connectivity index (χ4n) is 1.34. The Kier molecular flexibility index (Phi) is 7.15. The van der Waals surface area contributed by atoms with Crippen LogP contribution in [0, 0.1) is 0 Å². The molecule has 0 aliphatic carbocycles. The molecule has 2 amide bonds. The number of rotatable bonds is 5. The second-order valence-electron chi connectivity index (χ2n) is 6.75. The molecule has 3 N–H and O–H groups in total. The molecule has 0 radical (unpaired) electrons. The Bertz CT molecular complexity index is 409. The Hall–Kier alpha value is -1.99. The van der Waals surface area contributed by atoms with E-state index >= 15 is 0 Å². The SMILES string of the molecule is CC(C)(C)OC(=O)NCCC(NC(=O)OC(C)(C)C)C(=O)O. The first kappa shape index (κ1) is 20.0. The van der Waals surface area contributed by atoms with Crippen LogP contribution >= 0.6 is 0 Å². The second kappa shape index (κ2) is 7.86. The van der Waals surface area contributed by atoms with Crippen LogP contribution in [-0.4, -0.2) is 47.1 Å².